The van der Waals surface area contributed by atoms with Crippen LogP contribution in [0.25, 0.3) is 0 Å². The van der Waals surface area contributed by atoms with E-state index in [2.05, 4.69) is 17.3 Å². The summed E-state index contributed by atoms with van der Waals surface area (Å²) in [6.45, 7) is 3.76. The summed E-state index contributed by atoms with van der Waals surface area (Å²) in [4.78, 5) is 2.69. The first kappa shape index (κ1) is 10.1. The first-order valence-corrected chi connectivity index (χ1v) is 6.41. The number of rotatable bonds is 3. The first-order valence-electron chi connectivity index (χ1n) is 6.41. The molecule has 4 unspecified atom stereocenters. The van der Waals surface area contributed by atoms with E-state index in [0.717, 1.165) is 12.0 Å². The molecule has 0 amide bonds. The maximum atomic E-state index is 5.94. The Labute approximate surface area is 92.2 Å². The smallest absolute Gasteiger partial charge is 0.0735 e. The quantitative estimate of drug-likeness (QED) is 0.747. The van der Waals surface area contributed by atoms with Crippen LogP contribution in [0.15, 0.2) is 0 Å². The van der Waals surface area contributed by atoms with Gasteiger partial charge in [-0.2, -0.15) is 0 Å². The maximum absolute atomic E-state index is 5.94. The molecule has 3 rings (SSSR count). The van der Waals surface area contributed by atoms with Gasteiger partial charge in [0.15, 0.2) is 0 Å². The van der Waals surface area contributed by atoms with Crippen molar-refractivity contribution in [3.8, 4) is 0 Å². The van der Waals surface area contributed by atoms with Gasteiger partial charge < -0.3 is 10.1 Å². The Balaban J connectivity index is 1.56. The molecule has 0 radical (unpaired) electrons. The summed E-state index contributed by atoms with van der Waals surface area (Å²) in [5.74, 6) is 0.870. The second-order valence-corrected chi connectivity index (χ2v) is 5.38. The maximum Gasteiger partial charge on any atom is 0.0735 e. The van der Waals surface area contributed by atoms with E-state index in [-0.39, 0.29) is 0 Å². The molecular formula is C12H22N2O. The van der Waals surface area contributed by atoms with E-state index in [1.165, 1.54) is 45.3 Å². The average molecular weight is 210 g/mol. The van der Waals surface area contributed by atoms with Crippen molar-refractivity contribution < 1.29 is 4.74 Å². The van der Waals surface area contributed by atoms with E-state index in [9.17, 15) is 0 Å². The number of ether oxygens (including phenoxy) is 1. The molecule has 3 nitrogen and oxygen atoms in total. The Bertz CT molecular complexity index is 234. The molecule has 3 aliphatic heterocycles. The molecule has 0 saturated carbocycles. The summed E-state index contributed by atoms with van der Waals surface area (Å²) < 4.78 is 5.94. The van der Waals surface area contributed by atoms with Gasteiger partial charge in [0.05, 0.1) is 12.2 Å². The van der Waals surface area contributed by atoms with Gasteiger partial charge in [0, 0.05) is 12.6 Å². The molecule has 3 heteroatoms. The average Bonchev–Trinajstić information content (AvgIpc) is 2.91. The highest BCUT2D eigenvalue weighted by molar-refractivity contribution is 4.97. The fourth-order valence-electron chi connectivity index (χ4n) is 3.61. The third-order valence-corrected chi connectivity index (χ3v) is 4.35. The van der Waals surface area contributed by atoms with Crippen molar-refractivity contribution in [3.63, 3.8) is 0 Å². The van der Waals surface area contributed by atoms with Gasteiger partial charge in [-0.15, -0.1) is 0 Å². The number of fused-ring (bicyclic) bond motifs is 2. The van der Waals surface area contributed by atoms with Crippen LogP contribution in [0.3, 0.4) is 0 Å². The van der Waals surface area contributed by atoms with Gasteiger partial charge in [0.2, 0.25) is 0 Å². The van der Waals surface area contributed by atoms with Gasteiger partial charge >= 0.3 is 0 Å². The zero-order chi connectivity index (χ0) is 10.3. The molecule has 1 N–H and O–H groups in total. The van der Waals surface area contributed by atoms with Gasteiger partial charge in [-0.1, -0.05) is 0 Å². The van der Waals surface area contributed by atoms with Crippen molar-refractivity contribution in [1.29, 1.82) is 0 Å². The van der Waals surface area contributed by atoms with Crippen molar-refractivity contribution >= 4 is 0 Å². The molecule has 3 heterocycles. The molecule has 2 bridgehead atoms. The standard InChI is InChI=1S/C12H22N2O/c1-13-7-9-4-5-14(8-9)11-6-10-2-3-12(11)15-10/h9-13H,2-8H2,1H3. The Morgan fingerprint density at radius 3 is 2.93 bits per heavy atom. The van der Waals surface area contributed by atoms with Crippen molar-refractivity contribution in [2.24, 2.45) is 5.92 Å². The Morgan fingerprint density at radius 1 is 1.33 bits per heavy atom. The predicted molar refractivity (Wildman–Crippen MR) is 59.9 cm³/mol. The minimum absolute atomic E-state index is 0.573. The fourth-order valence-corrected chi connectivity index (χ4v) is 3.61. The highest BCUT2D eigenvalue weighted by Crippen LogP contribution is 2.38. The van der Waals surface area contributed by atoms with E-state index in [4.69, 9.17) is 4.74 Å². The van der Waals surface area contributed by atoms with Crippen LogP contribution in [0.4, 0.5) is 0 Å². The largest absolute Gasteiger partial charge is 0.373 e. The number of likely N-dealkylation sites (tertiary alicyclic amines) is 1. The zero-order valence-corrected chi connectivity index (χ0v) is 9.61. The summed E-state index contributed by atoms with van der Waals surface area (Å²) >= 11 is 0. The second kappa shape index (κ2) is 4.04. The van der Waals surface area contributed by atoms with Crippen LogP contribution >= 0.6 is 0 Å². The number of nitrogens with zero attached hydrogens (tertiary/aromatic N) is 1. The van der Waals surface area contributed by atoms with Gasteiger partial charge in [0.1, 0.15) is 0 Å². The van der Waals surface area contributed by atoms with Gasteiger partial charge in [-0.3, -0.25) is 4.90 Å². The molecule has 0 aromatic heterocycles. The lowest BCUT2D eigenvalue weighted by atomic mass is 9.94. The topological polar surface area (TPSA) is 24.5 Å². The summed E-state index contributed by atoms with van der Waals surface area (Å²) in [5.41, 5.74) is 0. The van der Waals surface area contributed by atoms with Crippen LogP contribution in [0.5, 0.6) is 0 Å². The molecule has 4 atom stereocenters. The first-order chi connectivity index (χ1) is 7.36. The minimum atomic E-state index is 0.573. The van der Waals surface area contributed by atoms with E-state index in [1.54, 1.807) is 0 Å². The normalized spacial score (nSPS) is 45.4. The second-order valence-electron chi connectivity index (χ2n) is 5.38. The number of hydrogen-bond donors (Lipinski definition) is 1. The molecule has 15 heavy (non-hydrogen) atoms. The van der Waals surface area contributed by atoms with Crippen molar-refractivity contribution in [2.45, 2.75) is 43.9 Å². The lowest BCUT2D eigenvalue weighted by Crippen LogP contribution is -2.40. The Hall–Kier alpha value is -0.120. The van der Waals surface area contributed by atoms with Crippen LogP contribution in [0.2, 0.25) is 0 Å². The molecule has 3 aliphatic rings. The molecule has 0 aliphatic carbocycles. The van der Waals surface area contributed by atoms with Gasteiger partial charge in [-0.25, -0.2) is 0 Å². The van der Waals surface area contributed by atoms with Crippen LogP contribution in [0.1, 0.15) is 25.7 Å². The van der Waals surface area contributed by atoms with E-state index < -0.39 is 0 Å². The molecule has 86 valence electrons. The SMILES string of the molecule is CNCC1CCN(C2CC3CCC2O3)C1. The van der Waals surface area contributed by atoms with E-state index in [1.807, 2.05) is 0 Å². The van der Waals surface area contributed by atoms with Gasteiger partial charge in [-0.05, 0) is 51.7 Å². The number of nitrogens with one attached hydrogen (secondary N) is 1. The molecule has 0 spiro atoms. The number of hydrogen-bond acceptors (Lipinski definition) is 3. The zero-order valence-electron chi connectivity index (χ0n) is 9.61. The monoisotopic (exact) mass is 210 g/mol. The third-order valence-electron chi connectivity index (χ3n) is 4.35. The van der Waals surface area contributed by atoms with Crippen LogP contribution in [0, 0.1) is 5.92 Å². The lowest BCUT2D eigenvalue weighted by molar-refractivity contribution is 0.0760. The van der Waals surface area contributed by atoms with Crippen LogP contribution in [-0.2, 0) is 4.74 Å². The van der Waals surface area contributed by atoms with E-state index >= 15 is 0 Å². The summed E-state index contributed by atoms with van der Waals surface area (Å²) in [6, 6.07) is 0.755. The fraction of sp³-hybridized carbons (Fsp3) is 1.00. The molecule has 0 aromatic rings. The predicted octanol–water partition coefficient (Wildman–Crippen LogP) is 0.848. The Kier molecular flexibility index (Phi) is 2.71. The van der Waals surface area contributed by atoms with Crippen molar-refractivity contribution in [1.82, 2.24) is 10.2 Å². The van der Waals surface area contributed by atoms with Crippen LogP contribution in [-0.4, -0.2) is 49.8 Å². The summed E-state index contributed by atoms with van der Waals surface area (Å²) in [6.07, 6.45) is 6.47. The third kappa shape index (κ3) is 1.81. The highest BCUT2D eigenvalue weighted by atomic mass is 16.5. The Morgan fingerprint density at radius 2 is 2.27 bits per heavy atom. The van der Waals surface area contributed by atoms with Crippen molar-refractivity contribution in [3.05, 3.63) is 0 Å². The van der Waals surface area contributed by atoms with Crippen LogP contribution < -0.4 is 5.32 Å². The van der Waals surface area contributed by atoms with Gasteiger partial charge in [0.25, 0.3) is 0 Å². The molecule has 3 saturated heterocycles. The minimum Gasteiger partial charge on any atom is -0.373 e. The highest BCUT2D eigenvalue weighted by Gasteiger charge is 2.44. The molecule has 3 fully saturated rings. The molecule has 0 aromatic carbocycles. The van der Waals surface area contributed by atoms with E-state index in [0.29, 0.717) is 12.2 Å². The summed E-state index contributed by atoms with van der Waals surface area (Å²) in [5, 5.41) is 3.30. The lowest BCUT2D eigenvalue weighted by Gasteiger charge is -2.29. The molecular weight excluding hydrogens is 188 g/mol. The van der Waals surface area contributed by atoms with Crippen molar-refractivity contribution in [2.75, 3.05) is 26.7 Å². The summed E-state index contributed by atoms with van der Waals surface area (Å²) in [7, 11) is 2.06.